The van der Waals surface area contributed by atoms with Crippen molar-refractivity contribution in [1.29, 1.82) is 0 Å². The summed E-state index contributed by atoms with van der Waals surface area (Å²) >= 11 is 0. The molecule has 1 fully saturated rings. The van der Waals surface area contributed by atoms with Gasteiger partial charge in [0.05, 0.1) is 12.2 Å². The number of aliphatic hydroxyl groups is 1. The third-order valence-electron chi connectivity index (χ3n) is 4.34. The largest absolute Gasteiger partial charge is 0.444 e. The van der Waals surface area contributed by atoms with E-state index in [1.54, 1.807) is 41.3 Å². The van der Waals surface area contributed by atoms with E-state index in [0.29, 0.717) is 29.8 Å². The first-order valence-corrected chi connectivity index (χ1v) is 8.43. The zero-order valence-electron chi connectivity index (χ0n) is 13.9. The molecular weight excluding hydrogens is 318 g/mol. The van der Waals surface area contributed by atoms with Crippen LogP contribution in [0.1, 0.15) is 40.4 Å². The van der Waals surface area contributed by atoms with Gasteiger partial charge in [0.25, 0.3) is 5.91 Å². The van der Waals surface area contributed by atoms with E-state index in [1.165, 1.54) is 0 Å². The second-order valence-corrected chi connectivity index (χ2v) is 6.08. The Balaban J connectivity index is 1.81. The third-order valence-corrected chi connectivity index (χ3v) is 4.34. The number of aliphatic hydroxyl groups excluding tert-OH is 1. The fourth-order valence-corrected chi connectivity index (χ4v) is 2.91. The lowest BCUT2D eigenvalue weighted by molar-refractivity contribution is -0.140. The van der Waals surface area contributed by atoms with Gasteiger partial charge in [-0.05, 0) is 30.5 Å². The first kappa shape index (κ1) is 17.2. The quantitative estimate of drug-likeness (QED) is 0.851. The van der Waals surface area contributed by atoms with Crippen molar-refractivity contribution in [1.82, 2.24) is 4.90 Å². The van der Waals surface area contributed by atoms with Crippen LogP contribution >= 0.6 is 0 Å². The minimum atomic E-state index is -0.940. The van der Waals surface area contributed by atoms with Crippen LogP contribution in [-0.4, -0.2) is 35.0 Å². The van der Waals surface area contributed by atoms with Gasteiger partial charge in [-0.1, -0.05) is 42.5 Å². The zero-order valence-corrected chi connectivity index (χ0v) is 13.9. The van der Waals surface area contributed by atoms with E-state index in [4.69, 9.17) is 9.84 Å². The van der Waals surface area contributed by atoms with Gasteiger partial charge in [0.2, 0.25) is 6.10 Å². The van der Waals surface area contributed by atoms with Gasteiger partial charge in [0.1, 0.15) is 0 Å². The lowest BCUT2D eigenvalue weighted by atomic mass is 10.1. The summed E-state index contributed by atoms with van der Waals surface area (Å²) in [5.74, 6) is -0.727. The van der Waals surface area contributed by atoms with Crippen LogP contribution in [0.3, 0.4) is 0 Å². The Labute approximate surface area is 146 Å². The van der Waals surface area contributed by atoms with Crippen LogP contribution in [0, 0.1) is 0 Å². The van der Waals surface area contributed by atoms with Crippen molar-refractivity contribution in [3.05, 3.63) is 71.3 Å². The molecule has 1 amide bonds. The summed E-state index contributed by atoms with van der Waals surface area (Å²) in [6.45, 7) is 1.31. The highest BCUT2D eigenvalue weighted by Gasteiger charge is 2.31. The van der Waals surface area contributed by atoms with Crippen LogP contribution in [-0.2, 0) is 16.1 Å². The van der Waals surface area contributed by atoms with Gasteiger partial charge in [-0.3, -0.25) is 4.79 Å². The van der Waals surface area contributed by atoms with Crippen LogP contribution in [0.15, 0.2) is 54.6 Å². The number of hydrogen-bond acceptors (Lipinski definition) is 4. The van der Waals surface area contributed by atoms with Gasteiger partial charge in [-0.25, -0.2) is 4.79 Å². The van der Waals surface area contributed by atoms with Crippen molar-refractivity contribution in [3.8, 4) is 0 Å². The highest BCUT2D eigenvalue weighted by atomic mass is 16.5. The Morgan fingerprint density at radius 2 is 1.64 bits per heavy atom. The SMILES string of the molecule is O=C(O[C@@H](C(=O)N1CCCC1)c1ccccc1)c1ccc(CO)cc1. The number of ether oxygens (including phenoxy) is 1. The Hall–Kier alpha value is -2.66. The number of amides is 1. The normalized spacial score (nSPS) is 15.0. The Morgan fingerprint density at radius 1 is 1.00 bits per heavy atom. The van der Waals surface area contributed by atoms with E-state index in [1.807, 2.05) is 18.2 Å². The topological polar surface area (TPSA) is 66.8 Å². The Bertz CT molecular complexity index is 721. The number of benzene rings is 2. The maximum absolute atomic E-state index is 12.8. The molecule has 1 aliphatic heterocycles. The average molecular weight is 339 g/mol. The molecule has 1 N–H and O–H groups in total. The smallest absolute Gasteiger partial charge is 0.339 e. The lowest BCUT2D eigenvalue weighted by Gasteiger charge is -2.23. The monoisotopic (exact) mass is 339 g/mol. The summed E-state index contributed by atoms with van der Waals surface area (Å²) in [7, 11) is 0. The molecule has 1 saturated heterocycles. The highest BCUT2D eigenvalue weighted by Crippen LogP contribution is 2.24. The number of carbonyl (C=O) groups is 2. The first-order valence-electron chi connectivity index (χ1n) is 8.43. The minimum absolute atomic E-state index is 0.0879. The number of hydrogen-bond donors (Lipinski definition) is 1. The predicted molar refractivity (Wildman–Crippen MR) is 92.8 cm³/mol. The molecule has 0 bridgehead atoms. The molecule has 0 unspecified atom stereocenters. The van der Waals surface area contributed by atoms with Gasteiger partial charge in [-0.15, -0.1) is 0 Å². The Kier molecular flexibility index (Phi) is 5.46. The molecule has 130 valence electrons. The number of esters is 1. The number of carbonyl (C=O) groups excluding carboxylic acids is 2. The summed E-state index contributed by atoms with van der Waals surface area (Å²) in [4.78, 5) is 27.1. The molecule has 1 aliphatic rings. The minimum Gasteiger partial charge on any atom is -0.444 e. The number of nitrogens with zero attached hydrogens (tertiary/aromatic N) is 1. The standard InChI is InChI=1S/C20H21NO4/c22-14-15-8-10-17(11-9-15)20(24)25-18(16-6-2-1-3-7-16)19(23)21-12-4-5-13-21/h1-3,6-11,18,22H,4-5,12-14H2/t18-/m1/s1. The molecule has 25 heavy (non-hydrogen) atoms. The van der Waals surface area contributed by atoms with Crippen LogP contribution < -0.4 is 0 Å². The van der Waals surface area contributed by atoms with E-state index in [2.05, 4.69) is 0 Å². The third kappa shape index (κ3) is 4.06. The molecular formula is C20H21NO4. The Morgan fingerprint density at radius 3 is 2.24 bits per heavy atom. The number of likely N-dealkylation sites (tertiary alicyclic amines) is 1. The first-order chi connectivity index (χ1) is 12.2. The predicted octanol–water partition coefficient (Wildman–Crippen LogP) is 2.70. The lowest BCUT2D eigenvalue weighted by Crippen LogP contribution is -2.34. The van der Waals surface area contributed by atoms with Crippen molar-refractivity contribution in [2.45, 2.75) is 25.6 Å². The van der Waals surface area contributed by atoms with Gasteiger partial charge in [-0.2, -0.15) is 0 Å². The van der Waals surface area contributed by atoms with Crippen molar-refractivity contribution >= 4 is 11.9 Å². The summed E-state index contributed by atoms with van der Waals surface area (Å²) in [5.41, 5.74) is 1.73. The van der Waals surface area contributed by atoms with Crippen LogP contribution in [0.5, 0.6) is 0 Å². The molecule has 1 atom stereocenters. The molecule has 2 aromatic carbocycles. The van der Waals surface area contributed by atoms with E-state index in [-0.39, 0.29) is 12.5 Å². The fourth-order valence-electron chi connectivity index (χ4n) is 2.91. The van der Waals surface area contributed by atoms with E-state index >= 15 is 0 Å². The van der Waals surface area contributed by atoms with Crippen molar-refractivity contribution in [3.63, 3.8) is 0 Å². The van der Waals surface area contributed by atoms with E-state index in [9.17, 15) is 9.59 Å². The van der Waals surface area contributed by atoms with Crippen LogP contribution in [0.25, 0.3) is 0 Å². The summed E-state index contributed by atoms with van der Waals surface area (Å²) < 4.78 is 5.58. The van der Waals surface area contributed by atoms with E-state index < -0.39 is 12.1 Å². The van der Waals surface area contributed by atoms with Crippen LogP contribution in [0.4, 0.5) is 0 Å². The molecule has 1 heterocycles. The highest BCUT2D eigenvalue weighted by molar-refractivity contribution is 5.92. The average Bonchev–Trinajstić information content (AvgIpc) is 3.21. The molecule has 0 spiro atoms. The fraction of sp³-hybridized carbons (Fsp3) is 0.300. The molecule has 0 aromatic heterocycles. The van der Waals surface area contributed by atoms with Crippen molar-refractivity contribution in [2.75, 3.05) is 13.1 Å². The van der Waals surface area contributed by atoms with Gasteiger partial charge >= 0.3 is 5.97 Å². The second-order valence-electron chi connectivity index (χ2n) is 6.08. The summed E-state index contributed by atoms with van der Waals surface area (Å²) in [6, 6.07) is 15.6. The van der Waals surface area contributed by atoms with Gasteiger partial charge in [0.15, 0.2) is 0 Å². The summed E-state index contributed by atoms with van der Waals surface area (Å²) in [6.07, 6.45) is 1.01. The van der Waals surface area contributed by atoms with Crippen molar-refractivity contribution < 1.29 is 19.4 Å². The van der Waals surface area contributed by atoms with Gasteiger partial charge < -0.3 is 14.7 Å². The number of rotatable bonds is 5. The van der Waals surface area contributed by atoms with Crippen LogP contribution in [0.2, 0.25) is 0 Å². The molecule has 5 nitrogen and oxygen atoms in total. The molecule has 3 rings (SSSR count). The molecule has 2 aromatic rings. The molecule has 0 aliphatic carbocycles. The van der Waals surface area contributed by atoms with Crippen molar-refractivity contribution in [2.24, 2.45) is 0 Å². The maximum Gasteiger partial charge on any atom is 0.339 e. The maximum atomic E-state index is 12.8. The molecule has 0 radical (unpaired) electrons. The second kappa shape index (κ2) is 7.94. The van der Waals surface area contributed by atoms with Gasteiger partial charge in [0, 0.05) is 18.7 Å². The molecule has 5 heteroatoms. The van der Waals surface area contributed by atoms with E-state index in [0.717, 1.165) is 12.8 Å². The molecule has 0 saturated carbocycles. The zero-order chi connectivity index (χ0) is 17.6. The summed E-state index contributed by atoms with van der Waals surface area (Å²) in [5, 5.41) is 9.09.